The molecule has 4 aromatic carbocycles. The number of benzene rings is 4. The van der Waals surface area contributed by atoms with Gasteiger partial charge >= 0.3 is 0 Å². The molecule has 0 aliphatic carbocycles. The second-order valence-electron chi connectivity index (χ2n) is 9.80. The van der Waals surface area contributed by atoms with Crippen LogP contribution < -0.4 is 21.2 Å². The Morgan fingerprint density at radius 2 is 1.56 bits per heavy atom. The van der Waals surface area contributed by atoms with Crippen molar-refractivity contribution < 1.29 is 22.8 Å². The molecule has 0 radical (unpaired) electrons. The van der Waals surface area contributed by atoms with Crippen molar-refractivity contribution in [2.75, 3.05) is 30.4 Å². The first-order valence-electron chi connectivity index (χ1n) is 13.2. The number of hydrogen-bond acceptors (Lipinski definition) is 7. The maximum absolute atomic E-state index is 13.7. The van der Waals surface area contributed by atoms with Gasteiger partial charge in [0.15, 0.2) is 0 Å². The maximum Gasteiger partial charge on any atom is 0.270 e. The summed E-state index contributed by atoms with van der Waals surface area (Å²) < 4.78 is 35.1. The number of hydrogen-bond donors (Lipinski definition) is 3. The molecule has 43 heavy (non-hydrogen) atoms. The van der Waals surface area contributed by atoms with Crippen LogP contribution in [0.3, 0.4) is 0 Å². The molecule has 0 fully saturated rings. The minimum absolute atomic E-state index is 0.0475. The Balaban J connectivity index is 1.64. The quantitative estimate of drug-likeness (QED) is 0.0636. The van der Waals surface area contributed by atoms with Crippen LogP contribution in [0.15, 0.2) is 83.3 Å². The summed E-state index contributed by atoms with van der Waals surface area (Å²) >= 11 is 1.46. The Labute approximate surface area is 251 Å². The lowest BCUT2D eigenvalue weighted by Crippen LogP contribution is -2.37. The maximum atomic E-state index is 13.7. The van der Waals surface area contributed by atoms with Crippen molar-refractivity contribution in [1.29, 1.82) is 0 Å². The molecule has 0 spiro atoms. The molecular weight excluding hydrogens is 572 g/mol. The third-order valence-corrected chi connectivity index (χ3v) is 7.85. The van der Waals surface area contributed by atoms with E-state index in [2.05, 4.69) is 5.32 Å². The summed E-state index contributed by atoms with van der Waals surface area (Å²) in [6.45, 7) is 0.0475. The number of nitrogen functional groups attached to an aromatic ring is 1. The predicted octanol–water partition coefficient (Wildman–Crippen LogP) is 6.22. The van der Waals surface area contributed by atoms with Crippen molar-refractivity contribution in [3.8, 4) is 22.5 Å². The number of anilines is 2. The number of carbonyl (C=O) groups is 2. The number of fused-ring (bicyclic) bond motifs is 1. The van der Waals surface area contributed by atoms with Gasteiger partial charge in [0.2, 0.25) is 0 Å². The van der Waals surface area contributed by atoms with Crippen molar-refractivity contribution in [3.63, 3.8) is 0 Å². The number of nitrogens with one attached hydrogen (secondary N) is 1. The second-order valence-corrected chi connectivity index (χ2v) is 10.7. The number of carbonyl (C=O) groups excluding carboxylic acids is 2. The Bertz CT molecular complexity index is 1820. The van der Waals surface area contributed by atoms with E-state index in [-0.39, 0.29) is 29.5 Å². The van der Waals surface area contributed by atoms with Gasteiger partial charge in [0.1, 0.15) is 23.0 Å². The number of furan rings is 1. The van der Waals surface area contributed by atoms with Gasteiger partial charge in [0, 0.05) is 48.6 Å². The Kier molecular flexibility index (Phi) is 8.38. The number of halogens is 2. The van der Waals surface area contributed by atoms with Crippen LogP contribution in [0, 0.1) is 11.6 Å². The zero-order chi connectivity index (χ0) is 30.8. The molecule has 1 aromatic heterocycles. The molecular formula is C32H29F2N5O3S. The van der Waals surface area contributed by atoms with E-state index < -0.39 is 11.7 Å². The lowest BCUT2D eigenvalue weighted by molar-refractivity contribution is 0.0744. The van der Waals surface area contributed by atoms with E-state index in [1.807, 2.05) is 29.7 Å². The van der Waals surface area contributed by atoms with E-state index in [1.165, 1.54) is 43.3 Å². The number of hydrazine groups is 1. The van der Waals surface area contributed by atoms with Crippen molar-refractivity contribution >= 4 is 46.1 Å². The second kappa shape index (κ2) is 12.2. The smallest absolute Gasteiger partial charge is 0.270 e. The number of amides is 2. The summed E-state index contributed by atoms with van der Waals surface area (Å²) in [4.78, 5) is 26.6. The largest absolute Gasteiger partial charge is 0.455 e. The number of rotatable bonds is 8. The molecule has 5 rings (SSSR count). The van der Waals surface area contributed by atoms with Gasteiger partial charge in [-0.3, -0.25) is 14.6 Å². The van der Waals surface area contributed by atoms with Gasteiger partial charge in [-0.2, -0.15) is 0 Å². The van der Waals surface area contributed by atoms with Crippen LogP contribution in [0.5, 0.6) is 0 Å². The van der Waals surface area contributed by atoms with Crippen LogP contribution >= 0.6 is 11.9 Å². The summed E-state index contributed by atoms with van der Waals surface area (Å²) in [7, 11) is 3.40. The van der Waals surface area contributed by atoms with Gasteiger partial charge in [-0.25, -0.2) is 14.6 Å². The highest BCUT2D eigenvalue weighted by atomic mass is 32.2. The third kappa shape index (κ3) is 5.90. The van der Waals surface area contributed by atoms with Crippen molar-refractivity contribution in [2.45, 2.75) is 6.54 Å². The van der Waals surface area contributed by atoms with Crippen LogP contribution in [-0.4, -0.2) is 37.2 Å². The van der Waals surface area contributed by atoms with Gasteiger partial charge in [0.25, 0.3) is 11.8 Å². The van der Waals surface area contributed by atoms with Crippen LogP contribution in [-0.2, 0) is 6.54 Å². The summed E-state index contributed by atoms with van der Waals surface area (Å²) in [5.74, 6) is 4.75. The summed E-state index contributed by atoms with van der Waals surface area (Å²) in [5, 5.41) is 4.23. The standard InChI is InChI=1S/C32H29F2N5O3S/c1-37-31(40)29-25-15-23(27(38(2)43-3)16-28(25)42-30(29)19-6-11-22(34)12-7-19)20-8-13-26(35)24(14-20)32(41)39(36)17-18-4-9-21(33)10-5-18/h4-16H,17,35-36H2,1-3H3,(H,37,40). The first-order valence-corrected chi connectivity index (χ1v) is 14.4. The molecule has 0 aliphatic heterocycles. The predicted molar refractivity (Wildman–Crippen MR) is 167 cm³/mol. The Morgan fingerprint density at radius 1 is 0.930 bits per heavy atom. The number of nitrogens with zero attached hydrogens (tertiary/aromatic N) is 2. The summed E-state index contributed by atoms with van der Waals surface area (Å²) in [6, 6.07) is 20.1. The van der Waals surface area contributed by atoms with Gasteiger partial charge in [-0.05, 0) is 65.7 Å². The van der Waals surface area contributed by atoms with Gasteiger partial charge in [-0.15, -0.1) is 0 Å². The minimum atomic E-state index is -0.516. The Morgan fingerprint density at radius 3 is 2.19 bits per heavy atom. The van der Waals surface area contributed by atoms with Crippen LogP contribution in [0.4, 0.5) is 20.2 Å². The van der Waals surface area contributed by atoms with Crippen LogP contribution in [0.25, 0.3) is 33.4 Å². The van der Waals surface area contributed by atoms with E-state index in [1.54, 1.807) is 42.5 Å². The first kappa shape index (κ1) is 29.6. The fourth-order valence-corrected chi connectivity index (χ4v) is 5.15. The number of nitrogens with two attached hydrogens (primary N) is 2. The highest BCUT2D eigenvalue weighted by Crippen LogP contribution is 2.42. The van der Waals surface area contributed by atoms with E-state index in [9.17, 15) is 18.4 Å². The zero-order valence-electron chi connectivity index (χ0n) is 23.7. The molecule has 5 aromatic rings. The minimum Gasteiger partial charge on any atom is -0.455 e. The molecule has 0 atom stereocenters. The fourth-order valence-electron chi connectivity index (χ4n) is 4.80. The summed E-state index contributed by atoms with van der Waals surface area (Å²) in [6.07, 6.45) is 1.91. The van der Waals surface area contributed by atoms with E-state index in [0.717, 1.165) is 10.7 Å². The highest BCUT2D eigenvalue weighted by Gasteiger charge is 2.25. The first-order chi connectivity index (χ1) is 20.6. The van der Waals surface area contributed by atoms with Crippen LogP contribution in [0.1, 0.15) is 26.3 Å². The van der Waals surface area contributed by atoms with Gasteiger partial charge in [-0.1, -0.05) is 30.1 Å². The van der Waals surface area contributed by atoms with E-state index >= 15 is 0 Å². The molecule has 0 aliphatic rings. The molecule has 5 N–H and O–H groups in total. The lowest BCUT2D eigenvalue weighted by Gasteiger charge is -2.21. The SMILES string of the molecule is CNC(=O)c1c(-c2ccc(F)cc2)oc2cc(N(C)SC)c(-c3ccc(N)c(C(=O)N(N)Cc4ccc(F)cc4)c3)cc12. The molecule has 11 heteroatoms. The van der Waals surface area contributed by atoms with Crippen molar-refractivity contribution in [2.24, 2.45) is 5.84 Å². The normalized spacial score (nSPS) is 11.0. The van der Waals surface area contributed by atoms with Gasteiger partial charge in [0.05, 0.1) is 23.4 Å². The van der Waals surface area contributed by atoms with E-state index in [0.29, 0.717) is 44.5 Å². The fraction of sp³-hybridized carbons (Fsp3) is 0.125. The molecule has 2 amide bonds. The highest BCUT2D eigenvalue weighted by molar-refractivity contribution is 7.99. The lowest BCUT2D eigenvalue weighted by atomic mass is 9.96. The average molecular weight is 602 g/mol. The van der Waals surface area contributed by atoms with Crippen molar-refractivity contribution in [1.82, 2.24) is 10.3 Å². The van der Waals surface area contributed by atoms with Crippen LogP contribution in [0.2, 0.25) is 0 Å². The average Bonchev–Trinajstić information content (AvgIpc) is 3.39. The molecule has 0 saturated carbocycles. The molecule has 0 saturated heterocycles. The molecule has 8 nitrogen and oxygen atoms in total. The van der Waals surface area contributed by atoms with Crippen molar-refractivity contribution in [3.05, 3.63) is 107 Å². The molecule has 1 heterocycles. The third-order valence-electron chi connectivity index (χ3n) is 7.10. The monoisotopic (exact) mass is 601 g/mol. The Hall–Kier alpha value is -4.87. The topological polar surface area (TPSA) is 118 Å². The summed E-state index contributed by atoms with van der Waals surface area (Å²) in [5.41, 5.74) is 10.7. The molecule has 0 bridgehead atoms. The van der Waals surface area contributed by atoms with Gasteiger partial charge < -0.3 is 19.8 Å². The zero-order valence-corrected chi connectivity index (χ0v) is 24.5. The molecule has 0 unspecified atom stereocenters. The molecule has 220 valence electrons. The van der Waals surface area contributed by atoms with E-state index in [4.69, 9.17) is 16.0 Å².